The van der Waals surface area contributed by atoms with Crippen LogP contribution in [-0.2, 0) is 9.59 Å². The molecule has 0 atom stereocenters. The summed E-state index contributed by atoms with van der Waals surface area (Å²) in [5, 5.41) is 5.91. The molecular formula is C22H19ClFN3O5. The quantitative estimate of drug-likeness (QED) is 0.537. The summed E-state index contributed by atoms with van der Waals surface area (Å²) in [6.07, 6.45) is 5.01. The van der Waals surface area contributed by atoms with E-state index in [0.717, 1.165) is 6.07 Å². The molecule has 3 aliphatic rings. The molecule has 1 aromatic carbocycles. The van der Waals surface area contributed by atoms with E-state index < -0.39 is 5.82 Å². The third-order valence-corrected chi connectivity index (χ3v) is 6.05. The summed E-state index contributed by atoms with van der Waals surface area (Å²) < 4.78 is 29.5. The predicted molar refractivity (Wildman–Crippen MR) is 112 cm³/mol. The van der Waals surface area contributed by atoms with Gasteiger partial charge in [-0.25, -0.2) is 9.37 Å². The molecule has 3 aromatic rings. The topological polar surface area (TPSA) is 103 Å². The molecule has 0 aliphatic heterocycles. The fourth-order valence-corrected chi connectivity index (χ4v) is 4.61. The molecule has 2 aromatic heterocycles. The molecule has 0 unspecified atom stereocenters. The lowest BCUT2D eigenvalue weighted by atomic mass is 9.44. The van der Waals surface area contributed by atoms with Crippen LogP contribution < -0.4 is 20.1 Å². The minimum absolute atomic E-state index is 0.0105. The van der Waals surface area contributed by atoms with Crippen LogP contribution in [0.25, 0.3) is 11.1 Å². The summed E-state index contributed by atoms with van der Waals surface area (Å²) >= 11 is 5.62. The first kappa shape index (κ1) is 20.6. The first-order valence-electron chi connectivity index (χ1n) is 10.00. The van der Waals surface area contributed by atoms with Crippen molar-refractivity contribution in [3.63, 3.8) is 0 Å². The second-order valence-electron chi connectivity index (χ2n) is 8.32. The number of aromatic nitrogens is 1. The molecule has 3 aliphatic carbocycles. The largest absolute Gasteiger partial charge is 0.484 e. The summed E-state index contributed by atoms with van der Waals surface area (Å²) in [4.78, 5) is 28.6. The van der Waals surface area contributed by atoms with E-state index in [-0.39, 0.29) is 46.9 Å². The van der Waals surface area contributed by atoms with Crippen molar-refractivity contribution in [3.8, 4) is 11.5 Å². The van der Waals surface area contributed by atoms with Crippen LogP contribution in [0.3, 0.4) is 0 Å². The lowest BCUT2D eigenvalue weighted by Crippen LogP contribution is -2.84. The molecule has 0 spiro atoms. The van der Waals surface area contributed by atoms with Gasteiger partial charge in [-0.05, 0) is 31.4 Å². The van der Waals surface area contributed by atoms with Gasteiger partial charge in [-0.1, -0.05) is 11.6 Å². The monoisotopic (exact) mass is 459 g/mol. The van der Waals surface area contributed by atoms with Crippen LogP contribution in [0.1, 0.15) is 19.3 Å². The SMILES string of the molecule is O=C(COc1ccc(Cl)c(F)c1)NC12CC(NC(=O)COc3cnc4ccoc4c3)(C1)C2. The molecule has 2 amide bonds. The van der Waals surface area contributed by atoms with E-state index in [1.165, 1.54) is 24.6 Å². The van der Waals surface area contributed by atoms with E-state index in [0.29, 0.717) is 36.1 Å². The van der Waals surface area contributed by atoms with E-state index in [2.05, 4.69) is 15.6 Å². The number of hydrogen-bond acceptors (Lipinski definition) is 6. The number of ether oxygens (including phenoxy) is 2. The first-order chi connectivity index (χ1) is 15.3. The number of nitrogens with one attached hydrogen (secondary N) is 2. The number of nitrogens with zero attached hydrogens (tertiary/aromatic N) is 1. The van der Waals surface area contributed by atoms with Gasteiger partial charge in [-0.2, -0.15) is 0 Å². The first-order valence-corrected chi connectivity index (χ1v) is 10.4. The van der Waals surface area contributed by atoms with E-state index >= 15 is 0 Å². The number of hydrogen-bond donors (Lipinski definition) is 2. The van der Waals surface area contributed by atoms with Crippen molar-refractivity contribution in [3.05, 3.63) is 53.6 Å². The number of pyridine rings is 1. The van der Waals surface area contributed by atoms with Crippen LogP contribution >= 0.6 is 11.6 Å². The third-order valence-electron chi connectivity index (χ3n) is 5.75. The average molecular weight is 460 g/mol. The highest BCUT2D eigenvalue weighted by Gasteiger charge is 2.69. The number of furan rings is 1. The zero-order valence-corrected chi connectivity index (χ0v) is 17.6. The summed E-state index contributed by atoms with van der Waals surface area (Å²) in [5.41, 5.74) is 0.671. The second kappa shape index (κ2) is 7.67. The molecule has 8 nitrogen and oxygen atoms in total. The Morgan fingerprint density at radius 2 is 1.69 bits per heavy atom. The standard InChI is InChI=1S/C22H19ClFN3O5/c23-15-2-1-13(5-16(15)24)31-8-19(28)26-21-10-22(11-21,12-21)27-20(29)9-32-14-6-18-17(25-7-14)3-4-30-18/h1-7H,8-12H2,(H,26,28)(H,27,29). The normalized spacial score (nSPS) is 23.1. The number of carbonyl (C=O) groups excluding carboxylic acids is 2. The highest BCUT2D eigenvalue weighted by molar-refractivity contribution is 6.30. The molecule has 3 saturated carbocycles. The van der Waals surface area contributed by atoms with Crippen LogP contribution in [0, 0.1) is 5.82 Å². The third kappa shape index (κ3) is 3.95. The Balaban J connectivity index is 1.04. The molecule has 0 radical (unpaired) electrons. The van der Waals surface area contributed by atoms with Crippen LogP contribution in [-0.4, -0.2) is 41.1 Å². The molecule has 0 saturated heterocycles. The Labute approximate surface area is 187 Å². The van der Waals surface area contributed by atoms with E-state index in [1.807, 2.05) is 0 Å². The molecule has 2 bridgehead atoms. The Bertz CT molecular complexity index is 1190. The van der Waals surface area contributed by atoms with Gasteiger partial charge in [-0.3, -0.25) is 9.59 Å². The van der Waals surface area contributed by atoms with Crippen molar-refractivity contribution in [1.82, 2.24) is 15.6 Å². The molecule has 2 heterocycles. The maximum atomic E-state index is 13.4. The molecule has 166 valence electrons. The van der Waals surface area contributed by atoms with Crippen molar-refractivity contribution in [1.29, 1.82) is 0 Å². The van der Waals surface area contributed by atoms with Gasteiger partial charge in [0.25, 0.3) is 11.8 Å². The van der Waals surface area contributed by atoms with E-state index in [4.69, 9.17) is 25.5 Å². The maximum absolute atomic E-state index is 13.4. The lowest BCUT2D eigenvalue weighted by Gasteiger charge is -2.70. The van der Waals surface area contributed by atoms with E-state index in [9.17, 15) is 14.0 Å². The number of fused-ring (bicyclic) bond motifs is 1. The van der Waals surface area contributed by atoms with Gasteiger partial charge < -0.3 is 24.5 Å². The Kier molecular flexibility index (Phi) is 4.93. The molecule has 6 rings (SSSR count). The van der Waals surface area contributed by atoms with Crippen molar-refractivity contribution in [2.45, 2.75) is 30.3 Å². The van der Waals surface area contributed by atoms with Crippen LogP contribution in [0.2, 0.25) is 5.02 Å². The van der Waals surface area contributed by atoms with Crippen molar-refractivity contribution >= 4 is 34.5 Å². The summed E-state index contributed by atoms with van der Waals surface area (Å²) in [7, 11) is 0. The van der Waals surface area contributed by atoms with E-state index in [1.54, 1.807) is 12.1 Å². The zero-order valence-electron chi connectivity index (χ0n) is 16.8. The van der Waals surface area contributed by atoms with Crippen molar-refractivity contribution in [2.24, 2.45) is 0 Å². The highest BCUT2D eigenvalue weighted by atomic mass is 35.5. The number of carbonyl (C=O) groups is 2. The van der Waals surface area contributed by atoms with Gasteiger partial charge in [-0.15, -0.1) is 0 Å². The summed E-state index contributed by atoms with van der Waals surface area (Å²) in [6, 6.07) is 7.42. The average Bonchev–Trinajstić information content (AvgIpc) is 3.18. The highest BCUT2D eigenvalue weighted by Crippen LogP contribution is 2.60. The predicted octanol–water partition coefficient (Wildman–Crippen LogP) is 2.99. The minimum atomic E-state index is -0.608. The Hall–Kier alpha value is -3.33. The fraction of sp³-hybridized carbons (Fsp3) is 0.318. The van der Waals surface area contributed by atoms with Crippen LogP contribution in [0.15, 0.2) is 47.2 Å². The molecule has 10 heteroatoms. The Morgan fingerprint density at radius 3 is 2.34 bits per heavy atom. The molecular weight excluding hydrogens is 441 g/mol. The number of halogens is 2. The van der Waals surface area contributed by atoms with Gasteiger partial charge in [0.2, 0.25) is 0 Å². The van der Waals surface area contributed by atoms with Crippen molar-refractivity contribution < 1.29 is 27.9 Å². The number of rotatable bonds is 8. The Morgan fingerprint density at radius 1 is 1.03 bits per heavy atom. The molecule has 3 fully saturated rings. The van der Waals surface area contributed by atoms with Crippen LogP contribution in [0.4, 0.5) is 4.39 Å². The van der Waals surface area contributed by atoms with Gasteiger partial charge in [0.05, 0.1) is 17.5 Å². The molecule has 32 heavy (non-hydrogen) atoms. The summed E-state index contributed by atoms with van der Waals surface area (Å²) in [6.45, 7) is -0.370. The smallest absolute Gasteiger partial charge is 0.258 e. The minimum Gasteiger partial charge on any atom is -0.484 e. The summed E-state index contributed by atoms with van der Waals surface area (Å²) in [5.74, 6) is -0.473. The van der Waals surface area contributed by atoms with Crippen molar-refractivity contribution in [2.75, 3.05) is 13.2 Å². The molecule has 2 N–H and O–H groups in total. The number of benzene rings is 1. The van der Waals surface area contributed by atoms with Crippen LogP contribution in [0.5, 0.6) is 11.5 Å². The zero-order chi connectivity index (χ0) is 22.3. The van der Waals surface area contributed by atoms with Gasteiger partial charge >= 0.3 is 0 Å². The lowest BCUT2D eigenvalue weighted by molar-refractivity contribution is -0.151. The van der Waals surface area contributed by atoms with Gasteiger partial charge in [0.1, 0.15) is 22.8 Å². The number of amides is 2. The fourth-order valence-electron chi connectivity index (χ4n) is 4.49. The van der Waals surface area contributed by atoms with Gasteiger partial charge in [0, 0.05) is 29.3 Å². The second-order valence-corrected chi connectivity index (χ2v) is 8.72. The maximum Gasteiger partial charge on any atom is 0.258 e. The van der Waals surface area contributed by atoms with Gasteiger partial charge in [0.15, 0.2) is 18.8 Å².